The topological polar surface area (TPSA) is 109 Å². The van der Waals surface area contributed by atoms with Gasteiger partial charge in [0.05, 0.1) is 17.7 Å². The lowest BCUT2D eigenvalue weighted by atomic mass is 10.2. The van der Waals surface area contributed by atoms with Crippen LogP contribution < -0.4 is 10.0 Å². The van der Waals surface area contributed by atoms with Crippen LogP contribution in [0, 0.1) is 0 Å². The lowest BCUT2D eigenvalue weighted by Gasteiger charge is -2.11. The number of anilines is 1. The molecule has 1 amide bonds. The SMILES string of the molecule is O=C(NCC(O)c1ccco1)c1ccc(S(=O)(=O)Nc2ccc(Cl)cc2)cc1. The predicted octanol–water partition coefficient (Wildman–Crippen LogP) is 3.20. The summed E-state index contributed by atoms with van der Waals surface area (Å²) < 4.78 is 32.3. The Balaban J connectivity index is 1.63. The van der Waals surface area contributed by atoms with Crippen molar-refractivity contribution >= 4 is 33.2 Å². The number of aliphatic hydroxyl groups is 1. The molecule has 146 valence electrons. The zero-order valence-corrected chi connectivity index (χ0v) is 16.1. The van der Waals surface area contributed by atoms with Gasteiger partial charge in [-0.15, -0.1) is 0 Å². The van der Waals surface area contributed by atoms with E-state index in [1.807, 2.05) is 0 Å². The summed E-state index contributed by atoms with van der Waals surface area (Å²) in [5.74, 6) is -0.102. The Labute approximate surface area is 167 Å². The van der Waals surface area contributed by atoms with E-state index in [1.165, 1.54) is 30.5 Å². The first-order valence-corrected chi connectivity index (χ1v) is 10.1. The Morgan fingerprint density at radius 3 is 2.36 bits per heavy atom. The van der Waals surface area contributed by atoms with E-state index < -0.39 is 22.0 Å². The zero-order chi connectivity index (χ0) is 20.1. The number of rotatable bonds is 7. The first-order chi connectivity index (χ1) is 13.3. The predicted molar refractivity (Wildman–Crippen MR) is 105 cm³/mol. The number of hydrogen-bond donors (Lipinski definition) is 3. The lowest BCUT2D eigenvalue weighted by Crippen LogP contribution is -2.28. The molecule has 1 heterocycles. The van der Waals surface area contributed by atoms with E-state index in [0.717, 1.165) is 0 Å². The molecule has 0 bridgehead atoms. The van der Waals surface area contributed by atoms with Gasteiger partial charge in [0.15, 0.2) is 0 Å². The monoisotopic (exact) mass is 420 g/mol. The summed E-state index contributed by atoms with van der Waals surface area (Å²) in [4.78, 5) is 12.2. The molecule has 1 aromatic heterocycles. The third-order valence-corrected chi connectivity index (χ3v) is 5.50. The summed E-state index contributed by atoms with van der Waals surface area (Å²) in [7, 11) is -3.80. The molecule has 1 atom stereocenters. The third-order valence-electron chi connectivity index (χ3n) is 3.85. The van der Waals surface area contributed by atoms with Crippen molar-refractivity contribution < 1.29 is 22.7 Å². The van der Waals surface area contributed by atoms with Crippen molar-refractivity contribution in [1.29, 1.82) is 0 Å². The second kappa shape index (κ2) is 8.47. The molecule has 0 fully saturated rings. The molecule has 7 nitrogen and oxygen atoms in total. The molecule has 3 aromatic rings. The van der Waals surface area contributed by atoms with Gasteiger partial charge in [-0.1, -0.05) is 11.6 Å². The minimum atomic E-state index is -3.80. The summed E-state index contributed by atoms with van der Waals surface area (Å²) in [6.07, 6.45) is 0.458. The fourth-order valence-corrected chi connectivity index (χ4v) is 3.57. The molecule has 0 saturated heterocycles. The average molecular weight is 421 g/mol. The largest absolute Gasteiger partial charge is 0.467 e. The van der Waals surface area contributed by atoms with Crippen molar-refractivity contribution in [3.63, 3.8) is 0 Å². The molecule has 3 N–H and O–H groups in total. The van der Waals surface area contributed by atoms with Crippen molar-refractivity contribution in [2.45, 2.75) is 11.0 Å². The van der Waals surface area contributed by atoms with Crippen molar-refractivity contribution in [3.05, 3.63) is 83.3 Å². The van der Waals surface area contributed by atoms with Gasteiger partial charge in [0.1, 0.15) is 11.9 Å². The smallest absolute Gasteiger partial charge is 0.261 e. The van der Waals surface area contributed by atoms with E-state index >= 15 is 0 Å². The number of aliphatic hydroxyl groups excluding tert-OH is 1. The summed E-state index contributed by atoms with van der Waals surface area (Å²) in [6.45, 7) is -0.0372. The first kappa shape index (κ1) is 19.9. The number of carbonyl (C=O) groups is 1. The number of nitrogens with one attached hydrogen (secondary N) is 2. The highest BCUT2D eigenvalue weighted by molar-refractivity contribution is 7.92. The van der Waals surface area contributed by atoms with Crippen molar-refractivity contribution in [3.8, 4) is 0 Å². The number of halogens is 1. The molecule has 0 spiro atoms. The number of carbonyl (C=O) groups excluding carboxylic acids is 1. The van der Waals surface area contributed by atoms with Crippen LogP contribution in [0.4, 0.5) is 5.69 Å². The van der Waals surface area contributed by atoms with Crippen molar-refractivity contribution in [1.82, 2.24) is 5.32 Å². The van der Waals surface area contributed by atoms with E-state index in [0.29, 0.717) is 16.5 Å². The van der Waals surface area contributed by atoms with Crippen LogP contribution in [0.1, 0.15) is 22.2 Å². The maximum Gasteiger partial charge on any atom is 0.261 e. The molecule has 3 rings (SSSR count). The van der Waals surface area contributed by atoms with Gasteiger partial charge < -0.3 is 14.8 Å². The third kappa shape index (κ3) is 4.92. The van der Waals surface area contributed by atoms with E-state index in [4.69, 9.17) is 16.0 Å². The van der Waals surface area contributed by atoms with Gasteiger partial charge in [-0.3, -0.25) is 9.52 Å². The van der Waals surface area contributed by atoms with Crippen molar-refractivity contribution in [2.24, 2.45) is 0 Å². The van der Waals surface area contributed by atoms with Crippen LogP contribution in [0.5, 0.6) is 0 Å². The molecule has 1 unspecified atom stereocenters. The van der Waals surface area contributed by atoms with Crippen LogP contribution in [0.15, 0.2) is 76.2 Å². The second-order valence-corrected chi connectivity index (χ2v) is 8.00. The van der Waals surface area contributed by atoms with Crippen molar-refractivity contribution in [2.75, 3.05) is 11.3 Å². The molecule has 0 aliphatic heterocycles. The van der Waals surface area contributed by atoms with Crippen LogP contribution in [0.2, 0.25) is 5.02 Å². The van der Waals surface area contributed by atoms with Gasteiger partial charge in [0.25, 0.3) is 15.9 Å². The number of furan rings is 1. The lowest BCUT2D eigenvalue weighted by molar-refractivity contribution is 0.0901. The van der Waals surface area contributed by atoms with E-state index in [9.17, 15) is 18.3 Å². The standard InChI is InChI=1S/C19H17ClN2O5S/c20-14-5-7-15(8-6-14)22-28(25,26)16-9-3-13(4-10-16)19(24)21-12-17(23)18-2-1-11-27-18/h1-11,17,22-23H,12H2,(H,21,24). The molecule has 0 radical (unpaired) electrons. The molecule has 0 saturated carbocycles. The maximum atomic E-state index is 12.4. The summed E-state index contributed by atoms with van der Waals surface area (Å²) in [5, 5.41) is 13.0. The van der Waals surface area contributed by atoms with Gasteiger partial charge in [0, 0.05) is 16.3 Å². The van der Waals surface area contributed by atoms with Crippen LogP contribution in [-0.4, -0.2) is 26.0 Å². The number of amides is 1. The minimum absolute atomic E-state index is 0.00891. The Morgan fingerprint density at radius 1 is 1.07 bits per heavy atom. The minimum Gasteiger partial charge on any atom is -0.467 e. The summed E-state index contributed by atoms with van der Waals surface area (Å²) in [6, 6.07) is 14.9. The summed E-state index contributed by atoms with van der Waals surface area (Å²) >= 11 is 5.79. The van der Waals surface area contributed by atoms with Crippen LogP contribution >= 0.6 is 11.6 Å². The molecule has 0 aliphatic carbocycles. The number of sulfonamides is 1. The molecular weight excluding hydrogens is 404 g/mol. The van der Waals surface area contributed by atoms with Crippen LogP contribution in [-0.2, 0) is 10.0 Å². The summed E-state index contributed by atoms with van der Waals surface area (Å²) in [5.41, 5.74) is 0.634. The Kier molecular flexibility index (Phi) is 6.03. The van der Waals surface area contributed by atoms with E-state index in [-0.39, 0.29) is 17.0 Å². The van der Waals surface area contributed by atoms with Crippen LogP contribution in [0.25, 0.3) is 0 Å². The normalized spacial score (nSPS) is 12.4. The van der Waals surface area contributed by atoms with E-state index in [1.54, 1.807) is 36.4 Å². The van der Waals surface area contributed by atoms with Gasteiger partial charge in [0.2, 0.25) is 0 Å². The second-order valence-electron chi connectivity index (χ2n) is 5.88. The fourth-order valence-electron chi connectivity index (χ4n) is 2.39. The quantitative estimate of drug-likeness (QED) is 0.544. The van der Waals surface area contributed by atoms with Gasteiger partial charge in [-0.05, 0) is 60.7 Å². The van der Waals surface area contributed by atoms with Gasteiger partial charge in [-0.2, -0.15) is 0 Å². The fraction of sp³-hybridized carbons (Fsp3) is 0.105. The Hall–Kier alpha value is -2.81. The highest BCUT2D eigenvalue weighted by Gasteiger charge is 2.16. The maximum absolute atomic E-state index is 12.4. The highest BCUT2D eigenvalue weighted by Crippen LogP contribution is 2.19. The van der Waals surface area contributed by atoms with E-state index in [2.05, 4.69) is 10.0 Å². The zero-order valence-electron chi connectivity index (χ0n) is 14.5. The highest BCUT2D eigenvalue weighted by atomic mass is 35.5. The Bertz CT molecular complexity index is 1030. The molecule has 28 heavy (non-hydrogen) atoms. The molecular formula is C19H17ClN2O5S. The molecule has 9 heteroatoms. The molecule has 0 aliphatic rings. The van der Waals surface area contributed by atoms with Gasteiger partial charge >= 0.3 is 0 Å². The average Bonchev–Trinajstić information content (AvgIpc) is 3.22. The van der Waals surface area contributed by atoms with Crippen LogP contribution in [0.3, 0.4) is 0 Å². The first-order valence-electron chi connectivity index (χ1n) is 8.23. The number of hydrogen-bond acceptors (Lipinski definition) is 5. The Morgan fingerprint density at radius 2 is 1.75 bits per heavy atom. The number of benzene rings is 2. The molecule has 2 aromatic carbocycles. The van der Waals surface area contributed by atoms with Gasteiger partial charge in [-0.25, -0.2) is 8.42 Å².